The van der Waals surface area contributed by atoms with Crippen molar-refractivity contribution in [3.63, 3.8) is 0 Å². The third kappa shape index (κ3) is 11.6. The molecule has 0 aliphatic rings. The largest absolute Gasteiger partial charge is 0.456 e. The molecule has 0 aliphatic carbocycles. The average molecular weight is 1680 g/mol. The number of hydrogen-bond acceptors (Lipinski definition) is 14. The molecule has 0 bridgehead atoms. The normalized spacial score (nSPS) is 12.0. The van der Waals surface area contributed by atoms with Gasteiger partial charge in [0, 0.05) is 168 Å². The van der Waals surface area contributed by atoms with E-state index in [0.29, 0.717) is 34.9 Å². The van der Waals surface area contributed by atoms with E-state index < -0.39 is 0 Å². The molecule has 0 saturated heterocycles. The molecule has 0 unspecified atom stereocenters. The highest BCUT2D eigenvalue weighted by molar-refractivity contribution is 7.26. The summed E-state index contributed by atoms with van der Waals surface area (Å²) in [4.78, 5) is 41.5. The second-order valence-electron chi connectivity index (χ2n) is 32.9. The zero-order valence-electron chi connectivity index (χ0n) is 69.0. The minimum Gasteiger partial charge on any atom is -0.456 e. The molecule has 0 aliphatic heterocycles. The molecule has 0 N–H and O–H groups in total. The van der Waals surface area contributed by atoms with Crippen LogP contribution in [0.5, 0.6) is 0 Å². The van der Waals surface area contributed by atoms with Gasteiger partial charge in [0.2, 0.25) is 0 Å². The molecular weight excluding hydrogens is 1620 g/mol. The summed E-state index contributed by atoms with van der Waals surface area (Å²) in [5.41, 5.74) is 23.0. The lowest BCUT2D eigenvalue weighted by molar-refractivity contribution is 0.668. The van der Waals surface area contributed by atoms with E-state index >= 15 is 0 Å². The monoisotopic (exact) mass is 1680 g/mol. The number of benzene rings is 18. The fourth-order valence-corrected chi connectivity index (χ4v) is 20.8. The van der Waals surface area contributed by atoms with Crippen LogP contribution in [-0.2, 0) is 0 Å². The Morgan fingerprint density at radius 1 is 0.177 bits per heavy atom. The van der Waals surface area contributed by atoms with Crippen LogP contribution in [0.4, 0.5) is 0 Å². The Hall–Kier alpha value is -17.5. The molecule has 0 fully saturated rings. The number of pyridine rings is 2. The maximum absolute atomic E-state index is 6.75. The number of rotatable bonds is 10. The van der Waals surface area contributed by atoms with E-state index in [1.165, 1.54) is 15.5 Å². The fourth-order valence-electron chi connectivity index (χ4n) is 19.6. The minimum absolute atomic E-state index is 0.534. The van der Waals surface area contributed by atoms with Gasteiger partial charge in [-0.2, -0.15) is 0 Å². The van der Waals surface area contributed by atoms with Crippen molar-refractivity contribution in [2.24, 2.45) is 0 Å². The van der Waals surface area contributed by atoms with E-state index in [0.717, 1.165) is 236 Å². The first kappa shape index (κ1) is 72.9. The summed E-state index contributed by atoms with van der Waals surface area (Å²) in [7, 11) is 0. The van der Waals surface area contributed by atoms with Crippen LogP contribution in [0.1, 0.15) is 0 Å². The topological polar surface area (TPSA) is 169 Å². The van der Waals surface area contributed by atoms with Crippen LogP contribution in [0.25, 0.3) is 286 Å². The molecule has 0 spiro atoms. The molecule has 18 aromatic carbocycles. The SMILES string of the molecule is c1ccc(-c2nc(-c3ccc(-c4nc5ccccc5c5c(-c6cccc7c6oc6ccccc67)c6c(cc45)oc4ccccc46)cc3)nc(-c3cccc4c3oc3ccccc34)n2)cc1.c1ccc(-c2nc(-c3ccc(-c4nc5ccccc5c5c(-c6cccc7c6oc6ccccc67)c6c(cc45)oc4ccccc46)cc3)nc(-c3cccc4c3sc3ccccc34)n2)cc1. The summed E-state index contributed by atoms with van der Waals surface area (Å²) >= 11 is 1.77. The molecule has 130 heavy (non-hydrogen) atoms. The highest BCUT2D eigenvalue weighted by Gasteiger charge is 2.29. The summed E-state index contributed by atoms with van der Waals surface area (Å²) in [6.07, 6.45) is 0. The molecule has 0 atom stereocenters. The average Bonchev–Trinajstić information content (AvgIpc) is 1.48. The van der Waals surface area contributed by atoms with Gasteiger partial charge in [-0.05, 0) is 72.8 Å². The Balaban J connectivity index is 0.000000134. The fraction of sp³-hybridized carbons (Fsp3) is 0. The second-order valence-corrected chi connectivity index (χ2v) is 33.9. The van der Waals surface area contributed by atoms with Gasteiger partial charge >= 0.3 is 0 Å². The lowest BCUT2D eigenvalue weighted by atomic mass is 9.89. The third-order valence-corrected chi connectivity index (χ3v) is 26.7. The van der Waals surface area contributed by atoms with Gasteiger partial charge < -0.3 is 22.1 Å². The first-order valence-electron chi connectivity index (χ1n) is 43.2. The summed E-state index contributed by atoms with van der Waals surface area (Å²) < 4.78 is 35.8. The molecule has 13 nitrogen and oxygen atoms in total. The van der Waals surface area contributed by atoms with Crippen molar-refractivity contribution in [1.82, 2.24) is 39.9 Å². The van der Waals surface area contributed by atoms with E-state index in [1.807, 2.05) is 146 Å². The Bertz CT molecular complexity index is 9040. The lowest BCUT2D eigenvalue weighted by Crippen LogP contribution is -2.00. The van der Waals surface area contributed by atoms with Gasteiger partial charge in [0.15, 0.2) is 34.9 Å². The predicted molar refractivity (Wildman–Crippen MR) is 529 cm³/mol. The summed E-state index contributed by atoms with van der Waals surface area (Å²) in [5.74, 6) is 3.52. The third-order valence-electron chi connectivity index (χ3n) is 25.5. The maximum Gasteiger partial charge on any atom is 0.167 e. The van der Waals surface area contributed by atoms with Crippen molar-refractivity contribution in [2.75, 3.05) is 0 Å². The molecule has 10 aromatic heterocycles. The quantitative estimate of drug-likeness (QED) is 0.119. The van der Waals surface area contributed by atoms with Crippen LogP contribution in [0, 0.1) is 0 Å². The standard InChI is InChI=1S/C58H32N4O3.C58H32N4O2S/c1-2-14-34(15-3-1)56-60-57(62-58(61-56)43-23-13-21-39-37-17-6-10-26-47(37)65-55(39)43)35-30-28-33(29-31-35)53-44-32-49-51(41-19-7-11-27-48(41)63-49)52(50(44)40-18-4-8-24-45(40)59-53)42-22-12-20-38-36-16-5-9-25-46(36)64-54(38)42;1-2-14-34(15-3-1)56-60-57(62-58(61-56)43-23-13-21-39-37-17-7-11-27-49(37)65-55(39)43)35-30-28-33(29-31-35)53-44-32-48-51(41-19-6-10-26-47(41)63-48)52(50(44)40-18-4-8-24-45(40)59-53)42-22-12-20-38-36-16-5-9-25-46(36)64-54(38)42/h2*1-32H. The van der Waals surface area contributed by atoms with Crippen LogP contribution < -0.4 is 0 Å². The maximum atomic E-state index is 6.75. The summed E-state index contributed by atoms with van der Waals surface area (Å²) in [6, 6.07) is 133. The highest BCUT2D eigenvalue weighted by Crippen LogP contribution is 2.53. The smallest absolute Gasteiger partial charge is 0.167 e. The Morgan fingerprint density at radius 3 is 0.923 bits per heavy atom. The van der Waals surface area contributed by atoms with Crippen molar-refractivity contribution in [3.8, 4) is 113 Å². The number of para-hydroxylation sites is 10. The number of thiophene rings is 1. The predicted octanol–water partition coefficient (Wildman–Crippen LogP) is 31.7. The van der Waals surface area contributed by atoms with Crippen LogP contribution in [0.15, 0.2) is 410 Å². The molecule has 0 saturated carbocycles. The molecule has 28 aromatic rings. The van der Waals surface area contributed by atoms with E-state index in [4.69, 9.17) is 62.0 Å². The van der Waals surface area contributed by atoms with Gasteiger partial charge in [-0.1, -0.05) is 315 Å². The molecule has 0 amide bonds. The molecule has 604 valence electrons. The minimum atomic E-state index is 0.534. The van der Waals surface area contributed by atoms with Crippen LogP contribution in [-0.4, -0.2) is 39.9 Å². The zero-order chi connectivity index (χ0) is 85.2. The first-order valence-corrected chi connectivity index (χ1v) is 44.1. The van der Waals surface area contributed by atoms with Gasteiger partial charge in [0.05, 0.1) is 28.0 Å². The molecule has 28 rings (SSSR count). The Morgan fingerprint density at radius 2 is 0.485 bits per heavy atom. The zero-order valence-corrected chi connectivity index (χ0v) is 69.8. The van der Waals surface area contributed by atoms with Crippen molar-refractivity contribution >= 4 is 185 Å². The first-order chi connectivity index (χ1) is 64.4. The van der Waals surface area contributed by atoms with Crippen molar-refractivity contribution in [1.29, 1.82) is 0 Å². The van der Waals surface area contributed by atoms with Gasteiger partial charge in [-0.15, -0.1) is 11.3 Å². The number of nitrogens with zero attached hydrogens (tertiary/aromatic N) is 8. The van der Waals surface area contributed by atoms with E-state index in [2.05, 4.69) is 243 Å². The second kappa shape index (κ2) is 29.1. The van der Waals surface area contributed by atoms with Gasteiger partial charge in [0.1, 0.15) is 55.8 Å². The lowest BCUT2D eigenvalue weighted by Gasteiger charge is -2.16. The summed E-state index contributed by atoms with van der Waals surface area (Å²) in [6.45, 7) is 0. The van der Waals surface area contributed by atoms with Crippen molar-refractivity contribution in [2.45, 2.75) is 0 Å². The van der Waals surface area contributed by atoms with Gasteiger partial charge in [-0.25, -0.2) is 39.9 Å². The van der Waals surface area contributed by atoms with Crippen molar-refractivity contribution < 1.29 is 22.1 Å². The van der Waals surface area contributed by atoms with Crippen LogP contribution >= 0.6 is 11.3 Å². The molecule has 0 radical (unpaired) electrons. The van der Waals surface area contributed by atoms with Crippen LogP contribution in [0.3, 0.4) is 0 Å². The van der Waals surface area contributed by atoms with E-state index in [1.54, 1.807) is 11.3 Å². The van der Waals surface area contributed by atoms with Gasteiger partial charge in [0.25, 0.3) is 0 Å². The number of furan rings is 5. The number of fused-ring (bicyclic) bond motifs is 24. The molecular formula is C116H64N8O5S. The number of aromatic nitrogens is 8. The molecule has 10 heterocycles. The van der Waals surface area contributed by atoms with Crippen molar-refractivity contribution in [3.05, 3.63) is 388 Å². The Labute approximate surface area is 742 Å². The van der Waals surface area contributed by atoms with Crippen LogP contribution in [0.2, 0.25) is 0 Å². The highest BCUT2D eigenvalue weighted by atomic mass is 32.1. The Kier molecular flexibility index (Phi) is 16.3. The van der Waals surface area contributed by atoms with E-state index in [9.17, 15) is 0 Å². The van der Waals surface area contributed by atoms with E-state index in [-0.39, 0.29) is 0 Å². The van der Waals surface area contributed by atoms with Gasteiger partial charge in [-0.3, -0.25) is 0 Å². The molecule has 14 heteroatoms. The summed E-state index contributed by atoms with van der Waals surface area (Å²) in [5, 5.41) is 19.2. The number of hydrogen-bond donors (Lipinski definition) is 0.